The molecule has 0 fully saturated rings. The Morgan fingerprint density at radius 3 is 2.63 bits per heavy atom. The molecule has 19 heavy (non-hydrogen) atoms. The first-order valence-corrected chi connectivity index (χ1v) is 6.18. The van der Waals surface area contributed by atoms with Gasteiger partial charge in [0.15, 0.2) is 0 Å². The molecule has 0 aromatic carbocycles. The van der Waals surface area contributed by atoms with Gasteiger partial charge in [-0.15, -0.1) is 0 Å². The fraction of sp³-hybridized carbons (Fsp3) is 0.385. The lowest BCUT2D eigenvalue weighted by Gasteiger charge is -2.21. The van der Waals surface area contributed by atoms with Crippen LogP contribution in [0.15, 0.2) is 16.7 Å². The van der Waals surface area contributed by atoms with Gasteiger partial charge >= 0.3 is 0 Å². The Hall–Kier alpha value is -2.24. The first kappa shape index (κ1) is 13.2. The number of rotatable bonds is 4. The van der Waals surface area contributed by atoms with Crippen molar-refractivity contribution in [2.75, 3.05) is 23.4 Å². The van der Waals surface area contributed by atoms with Crippen LogP contribution in [0, 0.1) is 6.92 Å². The number of nitrogens with zero attached hydrogens (tertiary/aromatic N) is 3. The summed E-state index contributed by atoms with van der Waals surface area (Å²) >= 11 is 0. The standard InChI is InChI=1S/C13H19N5O/c1-4-10-11(14)16-13(15)17-12(10)18(3)6-9-5-8(2)19-7-9/h5,7H,4,6H2,1-3H3,(H4,14,15,16,17). The van der Waals surface area contributed by atoms with Gasteiger partial charge in [0.25, 0.3) is 0 Å². The molecule has 0 saturated carbocycles. The maximum absolute atomic E-state index is 5.89. The number of hydrogen-bond donors (Lipinski definition) is 2. The third-order valence-corrected chi connectivity index (χ3v) is 2.95. The number of furan rings is 1. The number of nitrogens with two attached hydrogens (primary N) is 2. The zero-order chi connectivity index (χ0) is 14.0. The first-order valence-electron chi connectivity index (χ1n) is 6.18. The Kier molecular flexibility index (Phi) is 3.59. The summed E-state index contributed by atoms with van der Waals surface area (Å²) in [7, 11) is 1.95. The molecule has 0 radical (unpaired) electrons. The molecule has 102 valence electrons. The summed E-state index contributed by atoms with van der Waals surface area (Å²) in [5.41, 5.74) is 13.6. The summed E-state index contributed by atoms with van der Waals surface area (Å²) in [5, 5.41) is 0. The second-order valence-corrected chi connectivity index (χ2v) is 4.54. The van der Waals surface area contributed by atoms with Crippen molar-refractivity contribution in [3.8, 4) is 0 Å². The Bertz CT molecular complexity index is 578. The van der Waals surface area contributed by atoms with Crippen LogP contribution in [0.2, 0.25) is 0 Å². The molecule has 2 rings (SSSR count). The quantitative estimate of drug-likeness (QED) is 0.870. The molecule has 0 unspecified atom stereocenters. The number of nitrogen functional groups attached to an aromatic ring is 2. The molecule has 0 atom stereocenters. The van der Waals surface area contributed by atoms with Crippen LogP contribution in [0.4, 0.5) is 17.6 Å². The van der Waals surface area contributed by atoms with Crippen molar-refractivity contribution in [2.24, 2.45) is 0 Å². The van der Waals surface area contributed by atoms with Crippen LogP contribution in [-0.4, -0.2) is 17.0 Å². The van der Waals surface area contributed by atoms with Crippen LogP contribution < -0.4 is 16.4 Å². The minimum atomic E-state index is 0.194. The van der Waals surface area contributed by atoms with Gasteiger partial charge in [-0.1, -0.05) is 6.92 Å². The highest BCUT2D eigenvalue weighted by Crippen LogP contribution is 2.24. The molecule has 0 spiro atoms. The van der Waals surface area contributed by atoms with E-state index in [1.165, 1.54) is 0 Å². The second kappa shape index (κ2) is 5.17. The van der Waals surface area contributed by atoms with Crippen LogP contribution in [0.3, 0.4) is 0 Å². The normalized spacial score (nSPS) is 10.7. The molecule has 0 aliphatic carbocycles. The average Bonchev–Trinajstić information content (AvgIpc) is 2.73. The van der Waals surface area contributed by atoms with Gasteiger partial charge in [0.2, 0.25) is 5.95 Å². The molecule has 4 N–H and O–H groups in total. The molecular weight excluding hydrogens is 242 g/mol. The van der Waals surface area contributed by atoms with E-state index < -0.39 is 0 Å². The van der Waals surface area contributed by atoms with E-state index in [9.17, 15) is 0 Å². The van der Waals surface area contributed by atoms with Crippen molar-refractivity contribution in [1.82, 2.24) is 9.97 Å². The van der Waals surface area contributed by atoms with E-state index in [4.69, 9.17) is 15.9 Å². The van der Waals surface area contributed by atoms with Crippen molar-refractivity contribution in [3.63, 3.8) is 0 Å². The van der Waals surface area contributed by atoms with E-state index in [1.807, 2.05) is 31.9 Å². The van der Waals surface area contributed by atoms with Gasteiger partial charge < -0.3 is 20.8 Å². The largest absolute Gasteiger partial charge is 0.469 e. The van der Waals surface area contributed by atoms with Crippen LogP contribution in [0.5, 0.6) is 0 Å². The Labute approximate surface area is 112 Å². The van der Waals surface area contributed by atoms with Gasteiger partial charge in [0, 0.05) is 24.7 Å². The van der Waals surface area contributed by atoms with E-state index in [-0.39, 0.29) is 5.95 Å². The van der Waals surface area contributed by atoms with Crippen LogP contribution in [0.1, 0.15) is 23.8 Å². The molecule has 0 bridgehead atoms. The van der Waals surface area contributed by atoms with E-state index >= 15 is 0 Å². The lowest BCUT2D eigenvalue weighted by molar-refractivity contribution is 0.531. The van der Waals surface area contributed by atoms with Crippen molar-refractivity contribution in [1.29, 1.82) is 0 Å². The zero-order valence-electron chi connectivity index (χ0n) is 11.5. The molecule has 6 nitrogen and oxygen atoms in total. The number of aryl methyl sites for hydroxylation is 1. The lowest BCUT2D eigenvalue weighted by atomic mass is 10.2. The predicted molar refractivity (Wildman–Crippen MR) is 75.8 cm³/mol. The summed E-state index contributed by atoms with van der Waals surface area (Å²) in [4.78, 5) is 10.3. The van der Waals surface area contributed by atoms with Gasteiger partial charge in [-0.25, -0.2) is 0 Å². The number of hydrogen-bond acceptors (Lipinski definition) is 6. The molecule has 0 aliphatic heterocycles. The van der Waals surface area contributed by atoms with E-state index in [2.05, 4.69) is 9.97 Å². The SMILES string of the molecule is CCc1c(N)nc(N)nc1N(C)Cc1coc(C)c1. The molecule has 2 heterocycles. The molecule has 0 saturated heterocycles. The van der Waals surface area contributed by atoms with Crippen LogP contribution in [-0.2, 0) is 13.0 Å². The third-order valence-electron chi connectivity index (χ3n) is 2.95. The highest BCUT2D eigenvalue weighted by atomic mass is 16.3. The van der Waals surface area contributed by atoms with Crippen molar-refractivity contribution in [3.05, 3.63) is 29.2 Å². The molecule has 0 aliphatic rings. The maximum Gasteiger partial charge on any atom is 0.223 e. The zero-order valence-corrected chi connectivity index (χ0v) is 11.5. The van der Waals surface area contributed by atoms with E-state index in [0.29, 0.717) is 12.4 Å². The maximum atomic E-state index is 5.89. The molecule has 2 aromatic rings. The van der Waals surface area contributed by atoms with Gasteiger partial charge in [0.1, 0.15) is 17.4 Å². The minimum Gasteiger partial charge on any atom is -0.469 e. The lowest BCUT2D eigenvalue weighted by Crippen LogP contribution is -2.21. The van der Waals surface area contributed by atoms with Crippen molar-refractivity contribution in [2.45, 2.75) is 26.8 Å². The summed E-state index contributed by atoms with van der Waals surface area (Å²) in [5.74, 6) is 2.30. The van der Waals surface area contributed by atoms with Crippen molar-refractivity contribution < 1.29 is 4.42 Å². The summed E-state index contributed by atoms with van der Waals surface area (Å²) < 4.78 is 5.30. The topological polar surface area (TPSA) is 94.2 Å². The Morgan fingerprint density at radius 2 is 2.05 bits per heavy atom. The average molecular weight is 261 g/mol. The minimum absolute atomic E-state index is 0.194. The first-order chi connectivity index (χ1) is 9.01. The highest BCUT2D eigenvalue weighted by molar-refractivity contribution is 5.59. The monoisotopic (exact) mass is 261 g/mol. The fourth-order valence-corrected chi connectivity index (χ4v) is 2.09. The molecular formula is C13H19N5O. The van der Waals surface area contributed by atoms with Gasteiger partial charge in [-0.05, 0) is 19.4 Å². The van der Waals surface area contributed by atoms with Gasteiger partial charge in [0.05, 0.1) is 6.26 Å². The number of anilines is 3. The second-order valence-electron chi connectivity index (χ2n) is 4.54. The molecule has 0 amide bonds. The Balaban J connectivity index is 2.30. The van der Waals surface area contributed by atoms with Gasteiger partial charge in [-0.2, -0.15) is 9.97 Å². The van der Waals surface area contributed by atoms with Gasteiger partial charge in [-0.3, -0.25) is 0 Å². The highest BCUT2D eigenvalue weighted by Gasteiger charge is 2.14. The van der Waals surface area contributed by atoms with Crippen LogP contribution >= 0.6 is 0 Å². The Morgan fingerprint density at radius 1 is 1.32 bits per heavy atom. The van der Waals surface area contributed by atoms with Crippen molar-refractivity contribution >= 4 is 17.6 Å². The smallest absolute Gasteiger partial charge is 0.223 e. The predicted octanol–water partition coefficient (Wildman–Crippen LogP) is 1.74. The van der Waals surface area contributed by atoms with Crippen LogP contribution in [0.25, 0.3) is 0 Å². The summed E-state index contributed by atoms with van der Waals surface area (Å²) in [6.45, 7) is 4.62. The molecule has 6 heteroatoms. The third kappa shape index (κ3) is 2.78. The summed E-state index contributed by atoms with van der Waals surface area (Å²) in [6.07, 6.45) is 2.50. The van der Waals surface area contributed by atoms with E-state index in [1.54, 1.807) is 6.26 Å². The molecule has 2 aromatic heterocycles. The van der Waals surface area contributed by atoms with E-state index in [0.717, 1.165) is 29.1 Å². The summed E-state index contributed by atoms with van der Waals surface area (Å²) in [6, 6.07) is 2.00. The number of aromatic nitrogens is 2. The fourth-order valence-electron chi connectivity index (χ4n) is 2.09.